The Hall–Kier alpha value is 1.13. The molecule has 0 nitrogen and oxygen atoms in total. The van der Waals surface area contributed by atoms with Gasteiger partial charge in [-0.25, -0.2) is 0 Å². The highest BCUT2D eigenvalue weighted by Crippen LogP contribution is 2.49. The molecule has 1 aliphatic carbocycles. The van der Waals surface area contributed by atoms with Gasteiger partial charge in [0.1, 0.15) is 0 Å². The molecule has 3 heteroatoms. The van der Waals surface area contributed by atoms with Crippen LogP contribution >= 0.6 is 17.3 Å². The van der Waals surface area contributed by atoms with E-state index in [1.807, 2.05) is 0 Å². The summed E-state index contributed by atoms with van der Waals surface area (Å²) >= 11 is 2.30. The van der Waals surface area contributed by atoms with Gasteiger partial charge in [0, 0.05) is 0 Å². The quantitative estimate of drug-likeness (QED) is 0.571. The summed E-state index contributed by atoms with van der Waals surface area (Å²) in [5, 5.41) is 0. The molecular weight excluding hydrogens is 215 g/mol. The third-order valence-corrected chi connectivity index (χ3v) is 13.1. The molecular formula is C10H23PS2. The summed E-state index contributed by atoms with van der Waals surface area (Å²) in [4.78, 5) is 0. The second-order valence-corrected chi connectivity index (χ2v) is 12.4. The van der Waals surface area contributed by atoms with Crippen molar-refractivity contribution in [1.82, 2.24) is 0 Å². The van der Waals surface area contributed by atoms with Crippen molar-refractivity contribution in [3.63, 3.8) is 0 Å². The van der Waals surface area contributed by atoms with Crippen LogP contribution in [0.1, 0.15) is 46.0 Å². The highest BCUT2D eigenvalue weighted by Gasteiger charge is 2.16. The Morgan fingerprint density at radius 1 is 1.23 bits per heavy atom. The molecule has 0 heterocycles. The summed E-state index contributed by atoms with van der Waals surface area (Å²) in [6, 6.07) is 0. The van der Waals surface area contributed by atoms with Crippen molar-refractivity contribution in [2.24, 2.45) is 0 Å². The van der Waals surface area contributed by atoms with Gasteiger partial charge in [-0.05, 0) is 35.9 Å². The molecule has 1 aliphatic rings. The summed E-state index contributed by atoms with van der Waals surface area (Å²) in [7, 11) is 1.79. The fourth-order valence-corrected chi connectivity index (χ4v) is 12.2. The lowest BCUT2D eigenvalue weighted by Gasteiger charge is -2.24. The van der Waals surface area contributed by atoms with Crippen LogP contribution in [0.25, 0.3) is 0 Å². The van der Waals surface area contributed by atoms with Crippen molar-refractivity contribution in [2.75, 3.05) is 11.5 Å². The molecule has 0 aliphatic heterocycles. The van der Waals surface area contributed by atoms with Gasteiger partial charge >= 0.3 is 0 Å². The van der Waals surface area contributed by atoms with Crippen molar-refractivity contribution in [3.05, 3.63) is 0 Å². The van der Waals surface area contributed by atoms with Crippen LogP contribution in [0.4, 0.5) is 0 Å². The van der Waals surface area contributed by atoms with Gasteiger partial charge < -0.3 is 0 Å². The lowest BCUT2D eigenvalue weighted by atomic mass is 10.0. The normalized spacial score (nSPS) is 22.6. The van der Waals surface area contributed by atoms with E-state index in [1.165, 1.54) is 30.8 Å². The summed E-state index contributed by atoms with van der Waals surface area (Å²) in [5.74, 6) is 2.67. The molecule has 0 aromatic rings. The Labute approximate surface area is 91.4 Å². The second-order valence-electron chi connectivity index (χ2n) is 3.58. The smallest absolute Gasteiger partial charge is 0.00525 e. The van der Waals surface area contributed by atoms with E-state index in [9.17, 15) is 0 Å². The average molecular weight is 238 g/mol. The van der Waals surface area contributed by atoms with Crippen LogP contribution < -0.4 is 0 Å². The number of hydrogen-bond donors (Lipinski definition) is 1. The number of rotatable bonds is 4. The first-order valence-electron chi connectivity index (χ1n) is 5.55. The summed E-state index contributed by atoms with van der Waals surface area (Å²) < 4.78 is 0. The van der Waals surface area contributed by atoms with Gasteiger partial charge in [0.25, 0.3) is 0 Å². The van der Waals surface area contributed by atoms with Gasteiger partial charge in [-0.2, -0.15) is 10.9 Å². The first-order valence-corrected chi connectivity index (χ1v) is 10.8. The molecule has 1 saturated carbocycles. The molecule has 1 fully saturated rings. The zero-order valence-corrected chi connectivity index (χ0v) is 11.6. The Morgan fingerprint density at radius 2 is 1.92 bits per heavy atom. The van der Waals surface area contributed by atoms with Gasteiger partial charge in [0.05, 0.1) is 0 Å². The molecule has 0 bridgehead atoms. The third-order valence-electron chi connectivity index (χ3n) is 2.56. The Balaban J connectivity index is 2.46. The second kappa shape index (κ2) is 7.43. The number of hydrogen-bond acceptors (Lipinski definition) is 1. The van der Waals surface area contributed by atoms with E-state index in [4.69, 9.17) is 0 Å². The molecule has 0 amide bonds. The largest absolute Gasteiger partial charge is 0.198 e. The van der Waals surface area contributed by atoms with E-state index >= 15 is 0 Å². The zero-order valence-electron chi connectivity index (χ0n) is 8.88. The van der Waals surface area contributed by atoms with Crippen molar-refractivity contribution in [3.8, 4) is 0 Å². The molecule has 1 atom stereocenters. The molecule has 1 rings (SSSR count). The third kappa shape index (κ3) is 4.44. The molecule has 0 spiro atoms. The molecule has 0 saturated heterocycles. The Bertz CT molecular complexity index is 162. The van der Waals surface area contributed by atoms with E-state index in [2.05, 4.69) is 25.2 Å². The van der Waals surface area contributed by atoms with E-state index in [-0.39, 0.29) is 5.90 Å². The van der Waals surface area contributed by atoms with Crippen molar-refractivity contribution in [2.45, 2.75) is 51.6 Å². The standard InChI is InChI=1S/C10H23PS2/c1-3-12-11(13-4-2)10-8-6-5-7-9-10/h10-12H,3-9H2,1-2H3. The van der Waals surface area contributed by atoms with Crippen molar-refractivity contribution >= 4 is 28.2 Å². The topological polar surface area (TPSA) is 0 Å². The van der Waals surface area contributed by atoms with Crippen LogP contribution in [-0.2, 0) is 10.9 Å². The van der Waals surface area contributed by atoms with Crippen LogP contribution in [0.2, 0.25) is 0 Å². The minimum atomic E-state index is -0.0582. The van der Waals surface area contributed by atoms with Crippen LogP contribution in [-0.4, -0.2) is 17.2 Å². The number of thiol groups is 1. The molecule has 0 aromatic heterocycles. The first kappa shape index (κ1) is 12.2. The van der Waals surface area contributed by atoms with Gasteiger partial charge in [0.2, 0.25) is 0 Å². The Kier molecular flexibility index (Phi) is 6.97. The molecule has 1 unspecified atom stereocenters. The van der Waals surface area contributed by atoms with Crippen molar-refractivity contribution < 1.29 is 0 Å². The molecule has 80 valence electrons. The summed E-state index contributed by atoms with van der Waals surface area (Å²) in [5.41, 5.74) is 1.14. The van der Waals surface area contributed by atoms with Crippen LogP contribution in [0.5, 0.6) is 0 Å². The molecule has 0 radical (unpaired) electrons. The van der Waals surface area contributed by atoms with E-state index in [1.54, 1.807) is 23.8 Å². The highest BCUT2D eigenvalue weighted by atomic mass is 32.9. The average Bonchev–Trinajstić information content (AvgIpc) is 2.19. The van der Waals surface area contributed by atoms with Crippen LogP contribution in [0, 0.1) is 0 Å². The lowest BCUT2D eigenvalue weighted by Crippen LogP contribution is -2.07. The maximum atomic E-state index is 2.34. The molecule has 0 N–H and O–H groups in total. The molecule has 0 aromatic carbocycles. The fraction of sp³-hybridized carbons (Fsp3) is 1.00. The van der Waals surface area contributed by atoms with Gasteiger partial charge in [0.15, 0.2) is 0 Å². The minimum Gasteiger partial charge on any atom is -0.198 e. The van der Waals surface area contributed by atoms with Crippen LogP contribution in [0.3, 0.4) is 0 Å². The SMILES string of the molecule is CCS[PH](=[SH]CC)C1CCCCC1. The summed E-state index contributed by atoms with van der Waals surface area (Å²) in [6.07, 6.45) is 7.64. The predicted octanol–water partition coefficient (Wildman–Crippen LogP) is 3.95. The maximum Gasteiger partial charge on any atom is -0.00525 e. The monoisotopic (exact) mass is 238 g/mol. The first-order chi connectivity index (χ1) is 6.38. The predicted molar refractivity (Wildman–Crippen MR) is 72.6 cm³/mol. The fourth-order valence-electron chi connectivity index (χ4n) is 1.95. The van der Waals surface area contributed by atoms with E-state index < -0.39 is 0 Å². The van der Waals surface area contributed by atoms with E-state index in [0.717, 1.165) is 5.66 Å². The van der Waals surface area contributed by atoms with Gasteiger partial charge in [-0.15, -0.1) is 11.4 Å². The zero-order chi connectivity index (χ0) is 9.52. The maximum absolute atomic E-state index is 2.34. The van der Waals surface area contributed by atoms with Gasteiger partial charge in [-0.3, -0.25) is 0 Å². The van der Waals surface area contributed by atoms with Crippen LogP contribution in [0.15, 0.2) is 0 Å². The van der Waals surface area contributed by atoms with E-state index in [0.29, 0.717) is 0 Å². The van der Waals surface area contributed by atoms with Crippen molar-refractivity contribution in [1.29, 1.82) is 0 Å². The Morgan fingerprint density at radius 3 is 2.46 bits per heavy atom. The lowest BCUT2D eigenvalue weighted by molar-refractivity contribution is 0.515. The highest BCUT2D eigenvalue weighted by molar-refractivity contribution is 8.66. The summed E-state index contributed by atoms with van der Waals surface area (Å²) in [6.45, 7) is 4.66. The minimum absolute atomic E-state index is 0.0582. The molecule has 13 heavy (non-hydrogen) atoms. The van der Waals surface area contributed by atoms with Gasteiger partial charge in [-0.1, -0.05) is 33.1 Å².